The van der Waals surface area contributed by atoms with Crippen molar-refractivity contribution in [3.05, 3.63) is 65.8 Å². The van der Waals surface area contributed by atoms with Crippen molar-refractivity contribution in [3.63, 3.8) is 0 Å². The number of rotatable bonds is 7. The molecule has 0 aliphatic rings. The number of nitrogens with one attached hydrogen (secondary N) is 1. The Hall–Kier alpha value is -3.07. The van der Waals surface area contributed by atoms with Gasteiger partial charge in [-0.05, 0) is 31.2 Å². The van der Waals surface area contributed by atoms with E-state index in [0.717, 1.165) is 11.3 Å². The normalized spacial score (nSPS) is 11.1. The first kappa shape index (κ1) is 19.7. The van der Waals surface area contributed by atoms with E-state index in [-0.39, 0.29) is 28.3 Å². The van der Waals surface area contributed by atoms with Crippen LogP contribution < -0.4 is 10.1 Å². The van der Waals surface area contributed by atoms with Gasteiger partial charge in [0.1, 0.15) is 22.1 Å². The van der Waals surface area contributed by atoms with Gasteiger partial charge in [-0.3, -0.25) is 0 Å². The molecule has 0 unspecified atom stereocenters. The first-order valence-corrected chi connectivity index (χ1v) is 9.05. The molecule has 2 heterocycles. The Balaban J connectivity index is 1.91. The first-order valence-electron chi connectivity index (χ1n) is 8.23. The van der Waals surface area contributed by atoms with Crippen molar-refractivity contribution < 1.29 is 22.6 Å². The van der Waals surface area contributed by atoms with Crippen LogP contribution in [-0.2, 0) is 10.9 Å². The third-order valence-corrected chi connectivity index (χ3v) is 4.45. The number of anilines is 2. The summed E-state index contributed by atoms with van der Waals surface area (Å²) in [6.45, 7) is 5.44. The molecule has 9 heteroatoms. The number of halogens is 3. The molecule has 2 aromatic heterocycles. The summed E-state index contributed by atoms with van der Waals surface area (Å²) in [5.41, 5.74) is -0.671. The van der Waals surface area contributed by atoms with Gasteiger partial charge in [-0.2, -0.15) is 13.2 Å². The minimum absolute atomic E-state index is 0.0223. The van der Waals surface area contributed by atoms with Gasteiger partial charge in [-0.1, -0.05) is 36.1 Å². The Morgan fingerprint density at radius 1 is 1.18 bits per heavy atom. The Morgan fingerprint density at radius 2 is 1.93 bits per heavy atom. The summed E-state index contributed by atoms with van der Waals surface area (Å²) in [7, 11) is 0. The number of pyridine rings is 1. The Labute approximate surface area is 163 Å². The van der Waals surface area contributed by atoms with Crippen LogP contribution in [0.1, 0.15) is 17.5 Å². The van der Waals surface area contributed by atoms with Crippen LogP contribution in [0.5, 0.6) is 11.6 Å². The fourth-order valence-electron chi connectivity index (χ4n) is 2.28. The highest BCUT2D eigenvalue weighted by Crippen LogP contribution is 2.41. The van der Waals surface area contributed by atoms with Gasteiger partial charge in [0.15, 0.2) is 10.8 Å². The molecule has 5 nitrogen and oxygen atoms in total. The molecular formula is C19H16F3N3O2S. The molecule has 0 aliphatic carbocycles. The van der Waals surface area contributed by atoms with Gasteiger partial charge in [-0.25, -0.2) is 9.97 Å². The van der Waals surface area contributed by atoms with E-state index in [0.29, 0.717) is 11.4 Å². The summed E-state index contributed by atoms with van der Waals surface area (Å²) in [4.78, 5) is 7.65. The van der Waals surface area contributed by atoms with Crippen LogP contribution in [0.4, 0.5) is 24.0 Å². The van der Waals surface area contributed by atoms with E-state index in [9.17, 15) is 13.2 Å². The van der Waals surface area contributed by atoms with Crippen molar-refractivity contribution in [2.24, 2.45) is 0 Å². The highest BCUT2D eigenvalue weighted by atomic mass is 32.1. The molecule has 0 fully saturated rings. The molecule has 146 valence electrons. The van der Waals surface area contributed by atoms with Crippen LogP contribution in [0.15, 0.2) is 55.2 Å². The third kappa shape index (κ3) is 4.61. The minimum Gasteiger partial charge on any atom is -0.493 e. The van der Waals surface area contributed by atoms with Crippen LogP contribution >= 0.6 is 11.3 Å². The smallest absolute Gasteiger partial charge is 0.435 e. The SMILES string of the molecule is C=C(OCC)c1sc(Nc2cccnc2Oc2ccccc2)nc1C(F)(F)F. The van der Waals surface area contributed by atoms with Crippen molar-refractivity contribution >= 4 is 27.9 Å². The molecule has 1 aromatic carbocycles. The van der Waals surface area contributed by atoms with Crippen LogP contribution in [-0.4, -0.2) is 16.6 Å². The Bertz CT molecular complexity index is 959. The molecule has 0 saturated heterocycles. The van der Waals surface area contributed by atoms with E-state index >= 15 is 0 Å². The maximum Gasteiger partial charge on any atom is 0.435 e. The highest BCUT2D eigenvalue weighted by Gasteiger charge is 2.38. The van der Waals surface area contributed by atoms with Crippen LogP contribution in [0.2, 0.25) is 0 Å². The molecule has 0 aliphatic heterocycles. The number of thiazole rings is 1. The lowest BCUT2D eigenvalue weighted by Gasteiger charge is -2.10. The van der Waals surface area contributed by atoms with Crippen molar-refractivity contribution in [2.75, 3.05) is 11.9 Å². The summed E-state index contributed by atoms with van der Waals surface area (Å²) in [5, 5.41) is 2.87. The lowest BCUT2D eigenvalue weighted by Crippen LogP contribution is -2.09. The second kappa shape index (κ2) is 8.30. The van der Waals surface area contributed by atoms with Gasteiger partial charge < -0.3 is 14.8 Å². The highest BCUT2D eigenvalue weighted by molar-refractivity contribution is 7.16. The van der Waals surface area contributed by atoms with E-state index in [1.54, 1.807) is 43.3 Å². The second-order valence-corrected chi connectivity index (χ2v) is 6.45. The summed E-state index contributed by atoms with van der Waals surface area (Å²) in [6, 6.07) is 12.2. The van der Waals surface area contributed by atoms with Gasteiger partial charge in [-0.15, -0.1) is 0 Å². The summed E-state index contributed by atoms with van der Waals surface area (Å²) in [6.07, 6.45) is -3.11. The molecule has 28 heavy (non-hydrogen) atoms. The quantitative estimate of drug-likeness (QED) is 0.480. The number of alkyl halides is 3. The topological polar surface area (TPSA) is 56.3 Å². The fraction of sp³-hybridized carbons (Fsp3) is 0.158. The van der Waals surface area contributed by atoms with E-state index < -0.39 is 11.9 Å². The van der Waals surface area contributed by atoms with E-state index in [2.05, 4.69) is 21.9 Å². The zero-order chi connectivity index (χ0) is 20.1. The van der Waals surface area contributed by atoms with E-state index in [1.807, 2.05) is 6.07 Å². The monoisotopic (exact) mass is 407 g/mol. The van der Waals surface area contributed by atoms with Crippen LogP contribution in [0, 0.1) is 0 Å². The number of hydrogen-bond donors (Lipinski definition) is 1. The first-order chi connectivity index (χ1) is 13.4. The molecule has 0 radical (unpaired) electrons. The molecule has 0 atom stereocenters. The Kier molecular flexibility index (Phi) is 5.84. The maximum absolute atomic E-state index is 13.4. The minimum atomic E-state index is -4.63. The molecule has 0 bridgehead atoms. The molecule has 0 amide bonds. The standard InChI is InChI=1S/C19H16F3N3O2S/c1-3-26-12(2)15-16(19(20,21)22)25-18(28-15)24-14-10-7-11-23-17(14)27-13-8-5-4-6-9-13/h4-11H,2-3H2,1H3,(H,24,25). The fourth-order valence-corrected chi connectivity index (χ4v) is 3.20. The van der Waals surface area contributed by atoms with Gasteiger partial charge in [0.2, 0.25) is 5.88 Å². The lowest BCUT2D eigenvalue weighted by atomic mass is 10.3. The second-order valence-electron chi connectivity index (χ2n) is 5.45. The number of benzene rings is 1. The largest absolute Gasteiger partial charge is 0.493 e. The van der Waals surface area contributed by atoms with Gasteiger partial charge >= 0.3 is 6.18 Å². The zero-order valence-corrected chi connectivity index (χ0v) is 15.6. The van der Waals surface area contributed by atoms with Crippen molar-refractivity contribution in [1.82, 2.24) is 9.97 Å². The molecule has 3 aromatic rings. The lowest BCUT2D eigenvalue weighted by molar-refractivity contribution is -0.141. The molecular weight excluding hydrogens is 391 g/mol. The summed E-state index contributed by atoms with van der Waals surface area (Å²) < 4.78 is 50.9. The number of hydrogen-bond acceptors (Lipinski definition) is 6. The molecule has 3 rings (SSSR count). The maximum atomic E-state index is 13.4. The summed E-state index contributed by atoms with van der Waals surface area (Å²) in [5.74, 6) is 0.680. The Morgan fingerprint density at radius 3 is 2.61 bits per heavy atom. The van der Waals surface area contributed by atoms with Crippen molar-refractivity contribution in [3.8, 4) is 11.6 Å². The van der Waals surface area contributed by atoms with Gasteiger partial charge in [0, 0.05) is 6.20 Å². The molecule has 0 saturated carbocycles. The van der Waals surface area contributed by atoms with Crippen LogP contribution in [0.3, 0.4) is 0 Å². The van der Waals surface area contributed by atoms with E-state index in [4.69, 9.17) is 9.47 Å². The predicted molar refractivity (Wildman–Crippen MR) is 102 cm³/mol. The van der Waals surface area contributed by atoms with Gasteiger partial charge in [0.05, 0.1) is 6.61 Å². The molecule has 1 N–H and O–H groups in total. The van der Waals surface area contributed by atoms with E-state index in [1.165, 1.54) is 6.20 Å². The zero-order valence-electron chi connectivity index (χ0n) is 14.8. The van der Waals surface area contributed by atoms with Crippen molar-refractivity contribution in [2.45, 2.75) is 13.1 Å². The number of aromatic nitrogens is 2. The number of para-hydroxylation sites is 1. The third-order valence-electron chi connectivity index (χ3n) is 3.44. The predicted octanol–water partition coefficient (Wildman–Crippen LogP) is 6.10. The van der Waals surface area contributed by atoms with Crippen LogP contribution in [0.25, 0.3) is 5.76 Å². The average Bonchev–Trinajstić information content (AvgIpc) is 3.09. The number of ether oxygens (including phenoxy) is 2. The summed E-state index contributed by atoms with van der Waals surface area (Å²) >= 11 is 0.794. The van der Waals surface area contributed by atoms with Crippen molar-refractivity contribution in [1.29, 1.82) is 0 Å². The molecule has 0 spiro atoms. The average molecular weight is 407 g/mol. The number of nitrogens with zero attached hydrogens (tertiary/aromatic N) is 2. The van der Waals surface area contributed by atoms with Gasteiger partial charge in [0.25, 0.3) is 0 Å².